The van der Waals surface area contributed by atoms with Gasteiger partial charge < -0.3 is 29.5 Å². The topological polar surface area (TPSA) is 143 Å². The third-order valence-electron chi connectivity index (χ3n) is 6.24. The average molecular weight is 624 g/mol. The van der Waals surface area contributed by atoms with Crippen LogP contribution in [0, 0.1) is 5.82 Å². The number of benzene rings is 1. The van der Waals surface area contributed by atoms with Crippen LogP contribution < -0.4 is 10.9 Å². The standard InChI is InChI=1S/C28H29F4N5O7/c1-34(2)22(38)10-6-5-9-21(44-27(43)35(3)4)24(39)33-20-8-7-11-36(25(20)40)15-18-13-16-12-17(29)14-19(28(30,31)32)23(16)37(18)26(41)42/h6-8,10-14,21H,5,9,15H2,1-4H3,(H,33,39)(H,41,42)/b10-6+/t21-/m0/s1. The summed E-state index contributed by atoms with van der Waals surface area (Å²) < 4.78 is 61.4. The molecule has 3 rings (SSSR count). The number of ether oxygens (including phenoxy) is 1. The van der Waals surface area contributed by atoms with E-state index in [1.807, 2.05) is 0 Å². The summed E-state index contributed by atoms with van der Waals surface area (Å²) in [6.07, 6.45) is -5.03. The van der Waals surface area contributed by atoms with E-state index in [1.54, 1.807) is 14.1 Å². The molecule has 44 heavy (non-hydrogen) atoms. The molecule has 0 bridgehead atoms. The quantitative estimate of drug-likeness (QED) is 0.271. The Labute approximate surface area is 247 Å². The van der Waals surface area contributed by atoms with Gasteiger partial charge in [-0.2, -0.15) is 13.2 Å². The molecule has 0 saturated heterocycles. The van der Waals surface area contributed by atoms with Gasteiger partial charge in [0.15, 0.2) is 6.10 Å². The van der Waals surface area contributed by atoms with Crippen LogP contribution in [0.3, 0.4) is 0 Å². The van der Waals surface area contributed by atoms with Gasteiger partial charge in [0, 0.05) is 39.8 Å². The fourth-order valence-corrected chi connectivity index (χ4v) is 4.11. The summed E-state index contributed by atoms with van der Waals surface area (Å²) in [5.41, 5.74) is -3.76. The minimum atomic E-state index is -5.07. The lowest BCUT2D eigenvalue weighted by Crippen LogP contribution is -2.37. The highest BCUT2D eigenvalue weighted by molar-refractivity contribution is 5.95. The molecule has 3 amide bonds. The van der Waals surface area contributed by atoms with Crippen LogP contribution in [0.5, 0.6) is 0 Å². The van der Waals surface area contributed by atoms with Crippen molar-refractivity contribution in [3.8, 4) is 0 Å². The van der Waals surface area contributed by atoms with Crippen molar-refractivity contribution in [2.75, 3.05) is 33.5 Å². The van der Waals surface area contributed by atoms with Crippen LogP contribution in [0.25, 0.3) is 10.9 Å². The van der Waals surface area contributed by atoms with Gasteiger partial charge in [-0.05, 0) is 49.2 Å². The number of aromatic nitrogens is 2. The van der Waals surface area contributed by atoms with E-state index in [2.05, 4.69) is 5.32 Å². The van der Waals surface area contributed by atoms with Crippen molar-refractivity contribution >= 4 is 40.6 Å². The fourth-order valence-electron chi connectivity index (χ4n) is 4.11. The Morgan fingerprint density at radius 1 is 1.09 bits per heavy atom. The zero-order valence-corrected chi connectivity index (χ0v) is 24.0. The number of nitrogens with one attached hydrogen (secondary N) is 1. The molecular formula is C28H29F4N5O7. The number of carboxylic acid groups (broad SMARTS) is 1. The first kappa shape index (κ1) is 33.4. The molecule has 0 radical (unpaired) electrons. The number of anilines is 1. The van der Waals surface area contributed by atoms with Gasteiger partial charge in [-0.3, -0.25) is 14.4 Å². The van der Waals surface area contributed by atoms with Gasteiger partial charge in [0.05, 0.1) is 23.3 Å². The summed E-state index contributed by atoms with van der Waals surface area (Å²) in [5, 5.41) is 11.8. The van der Waals surface area contributed by atoms with E-state index in [9.17, 15) is 46.6 Å². The van der Waals surface area contributed by atoms with Gasteiger partial charge in [0.25, 0.3) is 11.5 Å². The second-order valence-corrected chi connectivity index (χ2v) is 9.97. The zero-order chi connectivity index (χ0) is 32.9. The zero-order valence-electron chi connectivity index (χ0n) is 24.0. The molecule has 236 valence electrons. The molecule has 0 aliphatic rings. The summed E-state index contributed by atoms with van der Waals surface area (Å²) in [6, 6.07) is 4.49. The van der Waals surface area contributed by atoms with Crippen molar-refractivity contribution in [2.24, 2.45) is 0 Å². The van der Waals surface area contributed by atoms with Crippen LogP contribution in [-0.2, 0) is 27.0 Å². The summed E-state index contributed by atoms with van der Waals surface area (Å²) in [7, 11) is 5.89. The maximum absolute atomic E-state index is 14.0. The van der Waals surface area contributed by atoms with Crippen molar-refractivity contribution in [1.29, 1.82) is 0 Å². The van der Waals surface area contributed by atoms with E-state index in [0.717, 1.165) is 21.6 Å². The number of allylic oxidation sites excluding steroid dienone is 1. The Hall–Kier alpha value is -5.15. The van der Waals surface area contributed by atoms with Crippen molar-refractivity contribution < 1.29 is 46.6 Å². The predicted octanol–water partition coefficient (Wildman–Crippen LogP) is 3.97. The van der Waals surface area contributed by atoms with Gasteiger partial charge in [-0.15, -0.1) is 0 Å². The number of hydrogen-bond donors (Lipinski definition) is 2. The number of fused-ring (bicyclic) bond motifs is 1. The molecule has 3 aromatic rings. The van der Waals surface area contributed by atoms with Crippen molar-refractivity contribution in [1.82, 2.24) is 18.9 Å². The summed E-state index contributed by atoms with van der Waals surface area (Å²) >= 11 is 0. The maximum Gasteiger partial charge on any atom is 0.418 e. The molecule has 0 spiro atoms. The van der Waals surface area contributed by atoms with Crippen molar-refractivity contribution in [3.63, 3.8) is 0 Å². The highest BCUT2D eigenvalue weighted by Gasteiger charge is 2.36. The van der Waals surface area contributed by atoms with Gasteiger partial charge in [-0.1, -0.05) is 6.08 Å². The van der Waals surface area contributed by atoms with Crippen LogP contribution in [0.1, 0.15) is 24.1 Å². The molecular weight excluding hydrogens is 594 g/mol. The molecule has 0 fully saturated rings. The normalized spacial score (nSPS) is 12.3. The molecule has 0 unspecified atom stereocenters. The van der Waals surface area contributed by atoms with Gasteiger partial charge in [0.2, 0.25) is 5.91 Å². The first-order valence-corrected chi connectivity index (χ1v) is 12.9. The van der Waals surface area contributed by atoms with E-state index < -0.39 is 59.4 Å². The van der Waals surface area contributed by atoms with Crippen LogP contribution >= 0.6 is 0 Å². The Morgan fingerprint density at radius 2 is 1.77 bits per heavy atom. The lowest BCUT2D eigenvalue weighted by atomic mass is 10.1. The van der Waals surface area contributed by atoms with Crippen molar-refractivity contribution in [3.05, 3.63) is 76.1 Å². The van der Waals surface area contributed by atoms with Crippen LogP contribution in [-0.4, -0.2) is 82.3 Å². The minimum absolute atomic E-state index is 0.0551. The third-order valence-corrected chi connectivity index (χ3v) is 6.24. The molecule has 12 nitrogen and oxygen atoms in total. The number of pyridine rings is 1. The number of amides is 3. The Balaban J connectivity index is 1.93. The van der Waals surface area contributed by atoms with E-state index in [0.29, 0.717) is 4.57 Å². The Morgan fingerprint density at radius 3 is 2.36 bits per heavy atom. The second kappa shape index (κ2) is 13.4. The summed E-state index contributed by atoms with van der Waals surface area (Å²) in [6.45, 7) is -0.563. The SMILES string of the molecule is CN(C)C(=O)/C=C/CC[C@H](OC(=O)N(C)C)C(=O)Nc1cccn(Cc2cc3cc(F)cc(C(F)(F)F)c3n2C(=O)O)c1=O. The molecule has 2 heterocycles. The second-order valence-electron chi connectivity index (χ2n) is 9.97. The molecule has 1 aromatic carbocycles. The number of halogens is 4. The largest absolute Gasteiger partial charge is 0.464 e. The fraction of sp³-hybridized carbons (Fsp3) is 0.321. The monoisotopic (exact) mass is 623 g/mol. The van der Waals surface area contributed by atoms with E-state index in [-0.39, 0.29) is 41.6 Å². The van der Waals surface area contributed by atoms with Crippen LogP contribution in [0.4, 0.5) is 32.8 Å². The van der Waals surface area contributed by atoms with E-state index in [4.69, 9.17) is 4.74 Å². The average Bonchev–Trinajstić information content (AvgIpc) is 3.28. The maximum atomic E-state index is 14.0. The van der Waals surface area contributed by atoms with E-state index >= 15 is 0 Å². The molecule has 2 aromatic heterocycles. The lowest BCUT2D eigenvalue weighted by Gasteiger charge is -2.20. The summed E-state index contributed by atoms with van der Waals surface area (Å²) in [5.74, 6) is -2.42. The van der Waals surface area contributed by atoms with Crippen LogP contribution in [0.15, 0.2) is 53.5 Å². The lowest BCUT2D eigenvalue weighted by molar-refractivity contribution is -0.136. The Bertz CT molecular complexity index is 1670. The molecule has 2 N–H and O–H groups in total. The molecule has 0 saturated carbocycles. The number of rotatable bonds is 9. The first-order chi connectivity index (χ1) is 20.5. The predicted molar refractivity (Wildman–Crippen MR) is 150 cm³/mol. The van der Waals surface area contributed by atoms with Gasteiger partial charge >= 0.3 is 18.4 Å². The minimum Gasteiger partial charge on any atom is -0.464 e. The molecule has 1 atom stereocenters. The number of carbonyl (C=O) groups is 4. The smallest absolute Gasteiger partial charge is 0.418 e. The number of likely N-dealkylation sites (N-methyl/N-ethyl adjacent to an activating group) is 1. The van der Waals surface area contributed by atoms with Gasteiger partial charge in [-0.25, -0.2) is 18.5 Å². The highest BCUT2D eigenvalue weighted by atomic mass is 19.4. The van der Waals surface area contributed by atoms with Crippen molar-refractivity contribution in [2.45, 2.75) is 31.7 Å². The third kappa shape index (κ3) is 7.81. The Kier molecular flexibility index (Phi) is 10.2. The molecule has 0 aliphatic carbocycles. The van der Waals surface area contributed by atoms with E-state index in [1.165, 1.54) is 49.5 Å². The first-order valence-electron chi connectivity index (χ1n) is 12.9. The molecule has 16 heteroatoms. The number of hydrogen-bond acceptors (Lipinski definition) is 6. The summed E-state index contributed by atoms with van der Waals surface area (Å²) in [4.78, 5) is 64.6. The van der Waals surface area contributed by atoms with Crippen LogP contribution in [0.2, 0.25) is 0 Å². The highest BCUT2D eigenvalue weighted by Crippen LogP contribution is 2.37. The molecule has 0 aliphatic heterocycles. The van der Waals surface area contributed by atoms with Gasteiger partial charge in [0.1, 0.15) is 11.5 Å². The number of alkyl halides is 3. The number of nitrogens with zero attached hydrogens (tertiary/aromatic N) is 4. The number of carbonyl (C=O) groups excluding carboxylic acids is 3.